The lowest BCUT2D eigenvalue weighted by molar-refractivity contribution is 1.36. The average molecular weight is 566 g/mol. The number of aromatic nitrogens is 3. The van der Waals surface area contributed by atoms with E-state index in [1.807, 2.05) is 29.5 Å². The number of para-hydroxylation sites is 1. The minimum atomic E-state index is 0.916. The highest BCUT2D eigenvalue weighted by atomic mass is 32.1. The van der Waals surface area contributed by atoms with E-state index in [0.717, 1.165) is 66.3 Å². The largest absolute Gasteiger partial charge is 0.246 e. The van der Waals surface area contributed by atoms with Gasteiger partial charge in [0.1, 0.15) is 0 Å². The van der Waals surface area contributed by atoms with Crippen LogP contribution in [0.2, 0.25) is 0 Å². The van der Waals surface area contributed by atoms with Crippen LogP contribution >= 0.6 is 11.3 Å². The summed E-state index contributed by atoms with van der Waals surface area (Å²) >= 11 is 1.82. The summed E-state index contributed by atoms with van der Waals surface area (Å²) in [5, 5.41) is 4.53. The average Bonchev–Trinajstić information content (AvgIpc) is 3.45. The van der Waals surface area contributed by atoms with Gasteiger partial charge in [-0.1, -0.05) is 109 Å². The molecular weight excluding hydrogens is 543 g/mol. The van der Waals surface area contributed by atoms with E-state index in [1.54, 1.807) is 0 Å². The van der Waals surface area contributed by atoms with E-state index in [4.69, 9.17) is 15.0 Å². The smallest absolute Gasteiger partial charge is 0.0972 e. The fourth-order valence-electron chi connectivity index (χ4n) is 6.16. The second-order valence-electron chi connectivity index (χ2n) is 10.8. The number of hydrogen-bond acceptors (Lipinski definition) is 4. The molecule has 0 N–H and O–H groups in total. The molecule has 0 spiro atoms. The monoisotopic (exact) mass is 565 g/mol. The molecule has 0 aliphatic carbocycles. The summed E-state index contributed by atoms with van der Waals surface area (Å²) < 4.78 is 2.47. The van der Waals surface area contributed by atoms with Crippen molar-refractivity contribution in [1.29, 1.82) is 0 Å². The first kappa shape index (κ1) is 24.2. The van der Waals surface area contributed by atoms with Gasteiger partial charge < -0.3 is 0 Å². The summed E-state index contributed by atoms with van der Waals surface area (Å²) in [5.41, 5.74) is 10.4. The van der Waals surface area contributed by atoms with Crippen LogP contribution in [0.5, 0.6) is 0 Å². The normalized spacial score (nSPS) is 11.7. The quantitative estimate of drug-likeness (QED) is 0.200. The Bertz CT molecular complexity index is 2510. The molecule has 0 amide bonds. The molecule has 0 radical (unpaired) electrons. The van der Waals surface area contributed by atoms with Crippen molar-refractivity contribution < 1.29 is 0 Å². The molecule has 0 saturated heterocycles. The SMILES string of the molecule is c1ccc(-c2ccc3ccc4ccc(-c5cccc(-c6c7ccccc7nc7c6sc6ccccc67)c5)nc4c3n2)cc1. The number of nitrogens with zero attached hydrogens (tertiary/aromatic N) is 3. The van der Waals surface area contributed by atoms with Gasteiger partial charge in [-0.3, -0.25) is 0 Å². The molecule has 0 atom stereocenters. The molecule has 4 aromatic heterocycles. The van der Waals surface area contributed by atoms with Gasteiger partial charge in [0.15, 0.2) is 0 Å². The predicted molar refractivity (Wildman–Crippen MR) is 182 cm³/mol. The van der Waals surface area contributed by atoms with Crippen LogP contribution in [-0.4, -0.2) is 15.0 Å². The van der Waals surface area contributed by atoms with E-state index in [9.17, 15) is 0 Å². The minimum Gasteiger partial charge on any atom is -0.246 e. The van der Waals surface area contributed by atoms with Crippen molar-refractivity contribution >= 4 is 64.3 Å². The van der Waals surface area contributed by atoms with Crippen LogP contribution in [0.3, 0.4) is 0 Å². The Kier molecular flexibility index (Phi) is 5.37. The Morgan fingerprint density at radius 2 is 1.02 bits per heavy atom. The van der Waals surface area contributed by atoms with Crippen LogP contribution in [-0.2, 0) is 0 Å². The van der Waals surface area contributed by atoms with Crippen molar-refractivity contribution in [3.05, 3.63) is 140 Å². The molecule has 0 bridgehead atoms. The summed E-state index contributed by atoms with van der Waals surface area (Å²) in [5.74, 6) is 0. The van der Waals surface area contributed by atoms with E-state index < -0.39 is 0 Å². The molecule has 0 fully saturated rings. The number of benzene rings is 5. The molecule has 5 aromatic carbocycles. The number of thiophene rings is 1. The van der Waals surface area contributed by atoms with Crippen molar-refractivity contribution in [3.8, 4) is 33.6 Å². The molecule has 4 heteroatoms. The van der Waals surface area contributed by atoms with Gasteiger partial charge in [0, 0.05) is 42.9 Å². The second-order valence-corrected chi connectivity index (χ2v) is 11.9. The third-order valence-corrected chi connectivity index (χ3v) is 9.42. The van der Waals surface area contributed by atoms with Crippen LogP contribution in [0.15, 0.2) is 140 Å². The molecule has 9 rings (SSSR count). The lowest BCUT2D eigenvalue weighted by Gasteiger charge is -2.11. The van der Waals surface area contributed by atoms with Crippen molar-refractivity contribution in [2.75, 3.05) is 0 Å². The molecule has 9 aromatic rings. The number of fused-ring (bicyclic) bond motifs is 7. The molecule has 0 aliphatic heterocycles. The molecule has 4 heterocycles. The summed E-state index contributed by atoms with van der Waals surface area (Å²) in [6, 6.07) is 48.9. The Morgan fingerprint density at radius 3 is 1.81 bits per heavy atom. The van der Waals surface area contributed by atoms with Crippen molar-refractivity contribution in [2.24, 2.45) is 0 Å². The molecule has 200 valence electrons. The van der Waals surface area contributed by atoms with E-state index in [-0.39, 0.29) is 0 Å². The third-order valence-electron chi connectivity index (χ3n) is 8.24. The maximum atomic E-state index is 5.23. The van der Waals surface area contributed by atoms with Crippen molar-refractivity contribution in [1.82, 2.24) is 15.0 Å². The topological polar surface area (TPSA) is 38.7 Å². The van der Waals surface area contributed by atoms with E-state index in [1.165, 1.54) is 20.3 Å². The maximum absolute atomic E-state index is 5.23. The molecular formula is C39H23N3S. The van der Waals surface area contributed by atoms with E-state index in [2.05, 4.69) is 121 Å². The lowest BCUT2D eigenvalue weighted by atomic mass is 9.97. The maximum Gasteiger partial charge on any atom is 0.0972 e. The van der Waals surface area contributed by atoms with Gasteiger partial charge >= 0.3 is 0 Å². The standard InChI is InChI=1S/C39H23N3S/c1-2-9-24(10-3-1)31-21-19-25-17-18-26-20-22-32(41-37(26)36(25)40-31)27-11-8-12-28(23-27)35-29-13-4-6-15-33(29)42-38-30-14-5-7-16-34(30)43-39(35)38/h1-23H. The summed E-state index contributed by atoms with van der Waals surface area (Å²) in [4.78, 5) is 15.4. The Morgan fingerprint density at radius 1 is 0.419 bits per heavy atom. The summed E-state index contributed by atoms with van der Waals surface area (Å²) in [7, 11) is 0. The van der Waals surface area contributed by atoms with Gasteiger partial charge in [-0.15, -0.1) is 11.3 Å². The lowest BCUT2D eigenvalue weighted by Crippen LogP contribution is -1.91. The van der Waals surface area contributed by atoms with E-state index >= 15 is 0 Å². The van der Waals surface area contributed by atoms with Crippen LogP contribution in [0.25, 0.3) is 86.7 Å². The number of hydrogen-bond donors (Lipinski definition) is 0. The van der Waals surface area contributed by atoms with Gasteiger partial charge in [0.05, 0.1) is 38.2 Å². The first-order valence-corrected chi connectivity index (χ1v) is 15.2. The fraction of sp³-hybridized carbons (Fsp3) is 0. The fourth-order valence-corrected chi connectivity index (χ4v) is 7.38. The van der Waals surface area contributed by atoms with Crippen LogP contribution < -0.4 is 0 Å². The van der Waals surface area contributed by atoms with Gasteiger partial charge in [0.2, 0.25) is 0 Å². The summed E-state index contributed by atoms with van der Waals surface area (Å²) in [6.45, 7) is 0. The zero-order chi connectivity index (χ0) is 28.3. The third kappa shape index (κ3) is 3.92. The van der Waals surface area contributed by atoms with Gasteiger partial charge in [-0.25, -0.2) is 15.0 Å². The first-order valence-electron chi connectivity index (χ1n) is 14.4. The van der Waals surface area contributed by atoms with Gasteiger partial charge in [-0.05, 0) is 35.9 Å². The first-order chi connectivity index (χ1) is 21.3. The summed E-state index contributed by atoms with van der Waals surface area (Å²) in [6.07, 6.45) is 0. The number of pyridine rings is 3. The van der Waals surface area contributed by atoms with E-state index in [0.29, 0.717) is 0 Å². The second kappa shape index (κ2) is 9.55. The molecule has 3 nitrogen and oxygen atoms in total. The molecule has 0 unspecified atom stereocenters. The van der Waals surface area contributed by atoms with Gasteiger partial charge in [-0.2, -0.15) is 0 Å². The van der Waals surface area contributed by atoms with Crippen molar-refractivity contribution in [3.63, 3.8) is 0 Å². The minimum absolute atomic E-state index is 0.916. The van der Waals surface area contributed by atoms with Crippen LogP contribution in [0.4, 0.5) is 0 Å². The Labute approximate surface area is 251 Å². The Balaban J connectivity index is 1.25. The Hall–Kier alpha value is -5.45. The highest BCUT2D eigenvalue weighted by Crippen LogP contribution is 2.43. The molecule has 0 aliphatic rings. The zero-order valence-corrected chi connectivity index (χ0v) is 23.8. The van der Waals surface area contributed by atoms with Crippen LogP contribution in [0.1, 0.15) is 0 Å². The zero-order valence-electron chi connectivity index (χ0n) is 23.0. The predicted octanol–water partition coefficient (Wildman–Crippen LogP) is 10.7. The number of rotatable bonds is 3. The molecule has 43 heavy (non-hydrogen) atoms. The van der Waals surface area contributed by atoms with Crippen LogP contribution in [0, 0.1) is 0 Å². The highest BCUT2D eigenvalue weighted by molar-refractivity contribution is 7.26. The van der Waals surface area contributed by atoms with Crippen molar-refractivity contribution in [2.45, 2.75) is 0 Å². The molecule has 0 saturated carbocycles. The highest BCUT2D eigenvalue weighted by Gasteiger charge is 2.17. The van der Waals surface area contributed by atoms with Gasteiger partial charge in [0.25, 0.3) is 0 Å².